The van der Waals surface area contributed by atoms with Crippen LogP contribution in [0, 0.1) is 10.1 Å². The lowest BCUT2D eigenvalue weighted by Crippen LogP contribution is -2.48. The van der Waals surface area contributed by atoms with Gasteiger partial charge in [0.15, 0.2) is 0 Å². The third-order valence-corrected chi connectivity index (χ3v) is 5.46. The predicted molar refractivity (Wildman–Crippen MR) is 118 cm³/mol. The van der Waals surface area contributed by atoms with Crippen LogP contribution in [-0.4, -0.2) is 22.9 Å². The second-order valence-electron chi connectivity index (χ2n) is 8.24. The minimum atomic E-state index is -0.457. The van der Waals surface area contributed by atoms with E-state index in [2.05, 4.69) is 48.1 Å². The smallest absolute Gasteiger partial charge is 0.269 e. The molecule has 2 aromatic rings. The molecule has 158 valence electrons. The fourth-order valence-corrected chi connectivity index (χ4v) is 4.24. The van der Waals surface area contributed by atoms with E-state index in [1.54, 1.807) is 12.1 Å². The Kier molecular flexibility index (Phi) is 5.87. The van der Waals surface area contributed by atoms with E-state index in [-0.39, 0.29) is 17.1 Å². The summed E-state index contributed by atoms with van der Waals surface area (Å²) < 4.78 is 0. The van der Waals surface area contributed by atoms with Crippen LogP contribution in [0.1, 0.15) is 52.5 Å². The molecule has 1 unspecified atom stereocenters. The van der Waals surface area contributed by atoms with Gasteiger partial charge in [-0.05, 0) is 62.9 Å². The molecule has 1 aliphatic rings. The SMILES string of the molecule is CCN1c2cc(NC(C)=O)c(N=Nc3ccc([N+](=O)[O-])cc3)cc2C(C)CC1(C)C. The Morgan fingerprint density at radius 2 is 1.93 bits per heavy atom. The van der Waals surface area contributed by atoms with Crippen molar-refractivity contribution < 1.29 is 9.72 Å². The second kappa shape index (κ2) is 8.22. The highest BCUT2D eigenvalue weighted by Crippen LogP contribution is 2.47. The molecule has 2 aromatic carbocycles. The first-order valence-electron chi connectivity index (χ1n) is 10.0. The van der Waals surface area contributed by atoms with E-state index in [9.17, 15) is 14.9 Å². The zero-order valence-electron chi connectivity index (χ0n) is 18.0. The average Bonchev–Trinajstić information content (AvgIpc) is 2.66. The first-order chi connectivity index (χ1) is 14.1. The molecule has 1 aliphatic heterocycles. The quantitative estimate of drug-likeness (QED) is 0.367. The molecule has 0 radical (unpaired) electrons. The minimum Gasteiger partial charge on any atom is -0.366 e. The van der Waals surface area contributed by atoms with Gasteiger partial charge >= 0.3 is 0 Å². The van der Waals surface area contributed by atoms with Crippen LogP contribution in [-0.2, 0) is 4.79 Å². The van der Waals surface area contributed by atoms with Crippen molar-refractivity contribution in [3.8, 4) is 0 Å². The number of benzene rings is 2. The van der Waals surface area contributed by atoms with Gasteiger partial charge in [-0.3, -0.25) is 14.9 Å². The monoisotopic (exact) mass is 409 g/mol. The van der Waals surface area contributed by atoms with E-state index in [4.69, 9.17) is 0 Å². The largest absolute Gasteiger partial charge is 0.366 e. The highest BCUT2D eigenvalue weighted by atomic mass is 16.6. The van der Waals surface area contributed by atoms with Crippen LogP contribution in [0.15, 0.2) is 46.6 Å². The summed E-state index contributed by atoms with van der Waals surface area (Å²) in [5.74, 6) is 0.144. The Labute approximate surface area is 176 Å². The maximum atomic E-state index is 11.8. The Morgan fingerprint density at radius 3 is 2.50 bits per heavy atom. The maximum absolute atomic E-state index is 11.8. The van der Waals surface area contributed by atoms with Gasteiger partial charge in [0.25, 0.3) is 5.69 Å². The third-order valence-electron chi connectivity index (χ3n) is 5.46. The van der Waals surface area contributed by atoms with Gasteiger partial charge in [0, 0.05) is 36.8 Å². The van der Waals surface area contributed by atoms with Crippen molar-refractivity contribution in [1.29, 1.82) is 0 Å². The Hall–Kier alpha value is -3.29. The fraction of sp³-hybridized carbons (Fsp3) is 0.409. The lowest BCUT2D eigenvalue weighted by atomic mass is 9.79. The van der Waals surface area contributed by atoms with Gasteiger partial charge < -0.3 is 10.2 Å². The molecule has 0 bridgehead atoms. The van der Waals surface area contributed by atoms with Crippen molar-refractivity contribution in [3.63, 3.8) is 0 Å². The third kappa shape index (κ3) is 4.32. The van der Waals surface area contributed by atoms with Gasteiger partial charge in [-0.1, -0.05) is 6.92 Å². The number of hydrogen-bond acceptors (Lipinski definition) is 6. The summed E-state index contributed by atoms with van der Waals surface area (Å²) in [5, 5.41) is 22.3. The number of nitrogens with one attached hydrogen (secondary N) is 1. The second-order valence-corrected chi connectivity index (χ2v) is 8.24. The normalized spacial score (nSPS) is 17.6. The van der Waals surface area contributed by atoms with Crippen LogP contribution in [0.4, 0.5) is 28.4 Å². The molecule has 8 nitrogen and oxygen atoms in total. The van der Waals surface area contributed by atoms with E-state index in [0.29, 0.717) is 23.0 Å². The van der Waals surface area contributed by atoms with Gasteiger partial charge in [-0.25, -0.2) is 0 Å². The molecule has 0 saturated heterocycles. The van der Waals surface area contributed by atoms with Crippen LogP contribution in [0.2, 0.25) is 0 Å². The Balaban J connectivity index is 2.04. The first kappa shape index (κ1) is 21.4. The van der Waals surface area contributed by atoms with Crippen molar-refractivity contribution in [2.75, 3.05) is 16.8 Å². The topological polar surface area (TPSA) is 100 Å². The zero-order valence-corrected chi connectivity index (χ0v) is 18.0. The highest BCUT2D eigenvalue weighted by Gasteiger charge is 2.36. The minimum absolute atomic E-state index is 0.00207. The summed E-state index contributed by atoms with van der Waals surface area (Å²) >= 11 is 0. The number of carbonyl (C=O) groups excluding carboxylic acids is 1. The molecule has 1 N–H and O–H groups in total. The number of hydrogen-bond donors (Lipinski definition) is 1. The summed E-state index contributed by atoms with van der Waals surface area (Å²) in [6, 6.07) is 9.82. The van der Waals surface area contributed by atoms with E-state index in [1.165, 1.54) is 24.6 Å². The average molecular weight is 409 g/mol. The zero-order chi connectivity index (χ0) is 22.1. The number of anilines is 2. The number of nitro benzene ring substituents is 1. The van der Waals surface area contributed by atoms with Crippen molar-refractivity contribution in [2.45, 2.75) is 52.5 Å². The van der Waals surface area contributed by atoms with Gasteiger partial charge in [-0.2, -0.15) is 5.11 Å². The molecule has 0 fully saturated rings. The van der Waals surface area contributed by atoms with Crippen molar-refractivity contribution in [3.05, 3.63) is 52.1 Å². The number of carbonyl (C=O) groups is 1. The number of nitrogens with zero attached hydrogens (tertiary/aromatic N) is 4. The molecule has 30 heavy (non-hydrogen) atoms. The Bertz CT molecular complexity index is 999. The lowest BCUT2D eigenvalue weighted by Gasteiger charge is -2.47. The molecular formula is C22H27N5O3. The number of rotatable bonds is 5. The van der Waals surface area contributed by atoms with Crippen molar-refractivity contribution in [1.82, 2.24) is 0 Å². The standard InChI is InChI=1S/C22H27N5O3/c1-6-26-21-12-19(23-15(3)28)20(11-18(21)14(2)13-22(26,4)5)25-24-16-7-9-17(10-8-16)27(29)30/h7-12,14H,6,13H2,1-5H3,(H,23,28). The number of non-ortho nitro benzene ring substituents is 1. The van der Waals surface area contributed by atoms with Crippen LogP contribution < -0.4 is 10.2 Å². The van der Waals surface area contributed by atoms with Gasteiger partial charge in [-0.15, -0.1) is 5.11 Å². The van der Waals surface area contributed by atoms with Crippen LogP contribution >= 0.6 is 0 Å². The van der Waals surface area contributed by atoms with Crippen molar-refractivity contribution >= 4 is 34.3 Å². The molecule has 0 aliphatic carbocycles. The summed E-state index contributed by atoms with van der Waals surface area (Å²) in [5.41, 5.74) is 3.92. The van der Waals surface area contributed by atoms with Crippen LogP contribution in [0.5, 0.6) is 0 Å². The number of azo groups is 1. The Morgan fingerprint density at radius 1 is 1.27 bits per heavy atom. The summed E-state index contributed by atoms with van der Waals surface area (Å²) in [7, 11) is 0. The maximum Gasteiger partial charge on any atom is 0.269 e. The van der Waals surface area contributed by atoms with Crippen LogP contribution in [0.25, 0.3) is 0 Å². The molecule has 0 saturated carbocycles. The lowest BCUT2D eigenvalue weighted by molar-refractivity contribution is -0.384. The summed E-state index contributed by atoms with van der Waals surface area (Å²) in [6.07, 6.45) is 1.01. The van der Waals surface area contributed by atoms with Gasteiger partial charge in [0.05, 0.1) is 16.3 Å². The first-order valence-corrected chi connectivity index (χ1v) is 10.0. The molecule has 8 heteroatoms. The molecule has 0 spiro atoms. The van der Waals surface area contributed by atoms with E-state index < -0.39 is 4.92 Å². The molecule has 3 rings (SSSR count). The van der Waals surface area contributed by atoms with E-state index in [1.807, 2.05) is 12.1 Å². The van der Waals surface area contributed by atoms with Gasteiger partial charge in [0.1, 0.15) is 5.69 Å². The number of amides is 1. The number of fused-ring (bicyclic) bond motifs is 1. The van der Waals surface area contributed by atoms with Crippen molar-refractivity contribution in [2.24, 2.45) is 10.2 Å². The molecule has 0 aromatic heterocycles. The fourth-order valence-electron chi connectivity index (χ4n) is 4.24. The number of nitro groups is 1. The molecule has 1 amide bonds. The summed E-state index contributed by atoms with van der Waals surface area (Å²) in [4.78, 5) is 24.5. The van der Waals surface area contributed by atoms with E-state index in [0.717, 1.165) is 18.7 Å². The predicted octanol–water partition coefficient (Wildman–Crippen LogP) is 6.08. The van der Waals surface area contributed by atoms with Gasteiger partial charge in [0.2, 0.25) is 5.91 Å². The van der Waals surface area contributed by atoms with E-state index >= 15 is 0 Å². The molecular weight excluding hydrogens is 382 g/mol. The molecule has 1 heterocycles. The highest BCUT2D eigenvalue weighted by molar-refractivity contribution is 5.93. The van der Waals surface area contributed by atoms with Crippen LogP contribution in [0.3, 0.4) is 0 Å². The molecule has 1 atom stereocenters. The summed E-state index contributed by atoms with van der Waals surface area (Å²) in [6.45, 7) is 11.1.